The molecule has 3 saturated carbocycles. The van der Waals surface area contributed by atoms with Gasteiger partial charge in [-0.25, -0.2) is 0 Å². The van der Waals surface area contributed by atoms with Crippen molar-refractivity contribution in [2.45, 2.75) is 83.7 Å². The normalized spacial score (nSPS) is 29.8. The van der Waals surface area contributed by atoms with Gasteiger partial charge in [-0.05, 0) is 68.6 Å². The zero-order valence-corrected chi connectivity index (χ0v) is 15.8. The summed E-state index contributed by atoms with van der Waals surface area (Å²) >= 11 is 0. The summed E-state index contributed by atoms with van der Waals surface area (Å²) < 4.78 is 0. The lowest BCUT2D eigenvalue weighted by molar-refractivity contribution is -0.137. The fourth-order valence-electron chi connectivity index (χ4n) is 4.54. The van der Waals surface area contributed by atoms with Crippen molar-refractivity contribution in [3.05, 3.63) is 24.3 Å². The molecule has 2 bridgehead atoms. The van der Waals surface area contributed by atoms with Crippen LogP contribution < -0.4 is 0 Å². The molecule has 3 rings (SSSR count). The van der Waals surface area contributed by atoms with E-state index in [0.29, 0.717) is 11.8 Å². The third kappa shape index (κ3) is 6.97. The smallest absolute Gasteiger partial charge is 0.303 e. The molecule has 3 fully saturated rings. The zero-order valence-electron chi connectivity index (χ0n) is 15.8. The Hall–Kier alpha value is -1.09. The average Bonchev–Trinajstić information content (AvgIpc) is 2.55. The summed E-state index contributed by atoms with van der Waals surface area (Å²) in [5, 5.41) is 18.8. The maximum atomic E-state index is 10.5. The van der Waals surface area contributed by atoms with Crippen LogP contribution in [-0.4, -0.2) is 22.3 Å². The van der Waals surface area contributed by atoms with E-state index in [4.69, 9.17) is 5.11 Å². The number of carboxylic acids is 1. The van der Waals surface area contributed by atoms with E-state index in [1.54, 1.807) is 0 Å². The molecular formula is C22H36O3. The molecular weight excluding hydrogens is 312 g/mol. The number of aliphatic hydroxyl groups is 1. The van der Waals surface area contributed by atoms with Crippen LogP contribution in [0, 0.1) is 23.7 Å². The Labute approximate surface area is 153 Å². The molecule has 0 saturated heterocycles. The second-order valence-electron chi connectivity index (χ2n) is 8.10. The van der Waals surface area contributed by atoms with Gasteiger partial charge in [-0.15, -0.1) is 0 Å². The van der Waals surface area contributed by atoms with Crippen molar-refractivity contribution in [1.82, 2.24) is 0 Å². The van der Waals surface area contributed by atoms with Crippen molar-refractivity contribution in [3.8, 4) is 0 Å². The molecule has 0 aromatic carbocycles. The number of aliphatic carboxylic acids is 1. The maximum absolute atomic E-state index is 10.5. The van der Waals surface area contributed by atoms with Crippen LogP contribution in [0.4, 0.5) is 0 Å². The largest absolute Gasteiger partial charge is 0.481 e. The average molecular weight is 349 g/mol. The second-order valence-corrected chi connectivity index (χ2v) is 8.10. The van der Waals surface area contributed by atoms with Crippen molar-refractivity contribution < 1.29 is 15.0 Å². The first kappa shape index (κ1) is 20.2. The minimum absolute atomic E-state index is 0.263. The number of allylic oxidation sites excluding steroid dienone is 3. The Bertz CT molecular complexity index is 448. The van der Waals surface area contributed by atoms with Gasteiger partial charge in [0.25, 0.3) is 0 Å². The number of aliphatic hydroxyl groups excluding tert-OH is 1. The van der Waals surface area contributed by atoms with Crippen molar-refractivity contribution in [2.75, 3.05) is 0 Å². The predicted molar refractivity (Wildman–Crippen MR) is 102 cm³/mol. The molecule has 2 N–H and O–H groups in total. The summed E-state index contributed by atoms with van der Waals surface area (Å²) in [6.45, 7) is 2.19. The zero-order chi connectivity index (χ0) is 18.1. The molecule has 3 aliphatic carbocycles. The third-order valence-corrected chi connectivity index (χ3v) is 6.05. The third-order valence-electron chi connectivity index (χ3n) is 6.05. The first-order chi connectivity index (χ1) is 12.1. The van der Waals surface area contributed by atoms with Crippen molar-refractivity contribution in [2.24, 2.45) is 23.7 Å². The molecule has 0 radical (unpaired) electrons. The number of fused-ring (bicyclic) bond motifs is 2. The topological polar surface area (TPSA) is 57.5 Å². The molecule has 142 valence electrons. The number of unbranched alkanes of at least 4 members (excludes halogenated alkanes) is 3. The summed E-state index contributed by atoms with van der Waals surface area (Å²) in [6.07, 6.45) is 19.9. The molecule has 3 atom stereocenters. The van der Waals surface area contributed by atoms with E-state index < -0.39 is 5.97 Å². The SMILES string of the molecule is CCCCCC(O)C=C[C@H]1CC2CC(C2)C1CC=CCCCC(=O)O. The molecule has 0 heterocycles. The fraction of sp³-hybridized carbons (Fsp3) is 0.773. The highest BCUT2D eigenvalue weighted by Gasteiger charge is 2.43. The van der Waals surface area contributed by atoms with Gasteiger partial charge in [-0.2, -0.15) is 0 Å². The van der Waals surface area contributed by atoms with Gasteiger partial charge in [0, 0.05) is 6.42 Å². The van der Waals surface area contributed by atoms with Crippen molar-refractivity contribution in [3.63, 3.8) is 0 Å². The highest BCUT2D eigenvalue weighted by Crippen LogP contribution is 2.53. The first-order valence-electron chi connectivity index (χ1n) is 10.3. The van der Waals surface area contributed by atoms with E-state index in [9.17, 15) is 9.90 Å². The van der Waals surface area contributed by atoms with Crippen molar-refractivity contribution >= 4 is 5.97 Å². The van der Waals surface area contributed by atoms with E-state index in [1.165, 1.54) is 32.1 Å². The predicted octanol–water partition coefficient (Wildman–Crippen LogP) is 5.35. The Morgan fingerprint density at radius 1 is 1.16 bits per heavy atom. The summed E-state index contributed by atoms with van der Waals surface area (Å²) in [5.74, 6) is 2.38. The second kappa shape index (κ2) is 10.8. The molecule has 0 aliphatic heterocycles. The number of carbonyl (C=O) groups is 1. The van der Waals surface area contributed by atoms with Gasteiger partial charge >= 0.3 is 5.97 Å². The van der Waals surface area contributed by atoms with Crippen LogP contribution in [0.1, 0.15) is 77.6 Å². The van der Waals surface area contributed by atoms with Crippen LogP contribution in [0.5, 0.6) is 0 Å². The number of hydrogen-bond donors (Lipinski definition) is 2. The number of carboxylic acid groups (broad SMARTS) is 1. The fourth-order valence-corrected chi connectivity index (χ4v) is 4.54. The molecule has 0 amide bonds. The van der Waals surface area contributed by atoms with Gasteiger partial charge < -0.3 is 10.2 Å². The summed E-state index contributed by atoms with van der Waals surface area (Å²) in [6, 6.07) is 0. The minimum Gasteiger partial charge on any atom is -0.481 e. The molecule has 25 heavy (non-hydrogen) atoms. The van der Waals surface area contributed by atoms with Gasteiger partial charge in [0.1, 0.15) is 0 Å². The summed E-state index contributed by atoms with van der Waals surface area (Å²) in [5.41, 5.74) is 0. The minimum atomic E-state index is -0.705. The Balaban J connectivity index is 1.76. The Morgan fingerprint density at radius 2 is 1.96 bits per heavy atom. The monoisotopic (exact) mass is 348 g/mol. The van der Waals surface area contributed by atoms with Crippen molar-refractivity contribution in [1.29, 1.82) is 0 Å². The molecule has 3 aliphatic rings. The van der Waals surface area contributed by atoms with Crippen LogP contribution >= 0.6 is 0 Å². The van der Waals surface area contributed by atoms with Gasteiger partial charge in [-0.3, -0.25) is 4.79 Å². The first-order valence-corrected chi connectivity index (χ1v) is 10.3. The van der Waals surface area contributed by atoms with E-state index in [0.717, 1.165) is 43.9 Å². The molecule has 3 heteroatoms. The lowest BCUT2D eigenvalue weighted by atomic mass is 9.55. The van der Waals surface area contributed by atoms with E-state index in [-0.39, 0.29) is 12.5 Å². The van der Waals surface area contributed by atoms with Gasteiger partial charge in [0.2, 0.25) is 0 Å². The maximum Gasteiger partial charge on any atom is 0.303 e. The van der Waals surface area contributed by atoms with E-state index in [1.807, 2.05) is 0 Å². The molecule has 2 unspecified atom stereocenters. The van der Waals surface area contributed by atoms with Crippen LogP contribution in [0.2, 0.25) is 0 Å². The van der Waals surface area contributed by atoms with Gasteiger partial charge in [0.15, 0.2) is 0 Å². The molecule has 0 spiro atoms. The highest BCUT2D eigenvalue weighted by molar-refractivity contribution is 5.66. The summed E-state index contributed by atoms with van der Waals surface area (Å²) in [4.78, 5) is 10.5. The van der Waals surface area contributed by atoms with E-state index >= 15 is 0 Å². The number of rotatable bonds is 12. The van der Waals surface area contributed by atoms with Gasteiger partial charge in [-0.1, -0.05) is 50.5 Å². The lowest BCUT2D eigenvalue weighted by Gasteiger charge is -2.50. The van der Waals surface area contributed by atoms with Crippen LogP contribution in [-0.2, 0) is 4.79 Å². The van der Waals surface area contributed by atoms with Crippen LogP contribution in [0.3, 0.4) is 0 Å². The Morgan fingerprint density at radius 3 is 2.68 bits per heavy atom. The van der Waals surface area contributed by atoms with Crippen LogP contribution in [0.25, 0.3) is 0 Å². The van der Waals surface area contributed by atoms with Gasteiger partial charge in [0.05, 0.1) is 6.10 Å². The summed E-state index contributed by atoms with van der Waals surface area (Å²) in [7, 11) is 0. The Kier molecular flexibility index (Phi) is 8.74. The molecule has 3 nitrogen and oxygen atoms in total. The quantitative estimate of drug-likeness (QED) is 0.369. The van der Waals surface area contributed by atoms with E-state index in [2.05, 4.69) is 31.2 Å². The lowest BCUT2D eigenvalue weighted by Crippen LogP contribution is -2.41. The number of hydrogen-bond acceptors (Lipinski definition) is 2. The molecule has 0 aromatic heterocycles. The molecule has 0 aromatic rings. The standard InChI is InChI=1S/C22H36O3/c1-2-3-6-9-20(23)13-12-18-14-17-15-19(16-17)21(18)10-7-4-5-8-11-22(24)25/h4,7,12-13,17-21,23H,2-3,5-6,8-11,14-16H2,1H3,(H,24,25)/t17?,18-,19?,20?,21?/m0/s1. The van der Waals surface area contributed by atoms with Crippen LogP contribution in [0.15, 0.2) is 24.3 Å². The highest BCUT2D eigenvalue weighted by atomic mass is 16.4.